The summed E-state index contributed by atoms with van der Waals surface area (Å²) in [6.07, 6.45) is 3.79. The minimum absolute atomic E-state index is 0.0817. The Hall–Kier alpha value is -1.91. The van der Waals surface area contributed by atoms with E-state index in [9.17, 15) is 14.0 Å². The van der Waals surface area contributed by atoms with Gasteiger partial charge in [0.15, 0.2) is 0 Å². The quantitative estimate of drug-likeness (QED) is 0.887. The van der Waals surface area contributed by atoms with Gasteiger partial charge in [0.1, 0.15) is 5.82 Å². The predicted molar refractivity (Wildman–Crippen MR) is 71.7 cm³/mol. The molecule has 1 aliphatic rings. The normalized spacial score (nSPS) is 22.4. The second kappa shape index (κ2) is 6.03. The van der Waals surface area contributed by atoms with Gasteiger partial charge in [-0.25, -0.2) is 4.39 Å². The van der Waals surface area contributed by atoms with Crippen molar-refractivity contribution in [2.75, 3.05) is 0 Å². The highest BCUT2D eigenvalue weighted by molar-refractivity contribution is 5.93. The Labute approximate surface area is 116 Å². The fourth-order valence-electron chi connectivity index (χ4n) is 2.84. The van der Waals surface area contributed by atoms with Crippen LogP contribution in [-0.2, 0) is 11.2 Å². The van der Waals surface area contributed by atoms with E-state index in [1.165, 1.54) is 12.1 Å². The van der Waals surface area contributed by atoms with Gasteiger partial charge in [0.05, 0.1) is 11.5 Å². The molecule has 0 unspecified atom stereocenters. The van der Waals surface area contributed by atoms with Gasteiger partial charge >= 0.3 is 5.97 Å². The Morgan fingerprint density at radius 1 is 1.25 bits per heavy atom. The van der Waals surface area contributed by atoms with Gasteiger partial charge in [-0.1, -0.05) is 6.07 Å². The monoisotopic (exact) mass is 279 g/mol. The number of carboxylic acid groups (broad SMARTS) is 1. The number of aliphatic carboxylic acids is 1. The Bertz CT molecular complexity index is 522. The molecule has 0 heterocycles. The number of nitrogens with two attached hydrogens (primary N) is 1. The average molecular weight is 279 g/mol. The predicted octanol–water partition coefficient (Wildman–Crippen LogP) is 2.36. The zero-order chi connectivity index (χ0) is 14.7. The van der Waals surface area contributed by atoms with E-state index >= 15 is 0 Å². The fourth-order valence-corrected chi connectivity index (χ4v) is 2.84. The molecule has 2 rings (SSSR count). The third kappa shape index (κ3) is 3.35. The molecular formula is C15H18FNO3. The summed E-state index contributed by atoms with van der Waals surface area (Å²) in [5.74, 6) is -1.94. The van der Waals surface area contributed by atoms with E-state index in [0.717, 1.165) is 24.8 Å². The van der Waals surface area contributed by atoms with Gasteiger partial charge in [-0.15, -0.1) is 0 Å². The number of hydrogen-bond acceptors (Lipinski definition) is 2. The van der Waals surface area contributed by atoms with E-state index in [4.69, 9.17) is 10.8 Å². The molecule has 1 aromatic rings. The van der Waals surface area contributed by atoms with Crippen molar-refractivity contribution in [2.45, 2.75) is 32.1 Å². The second-order valence-corrected chi connectivity index (χ2v) is 5.44. The highest BCUT2D eigenvalue weighted by Crippen LogP contribution is 2.31. The lowest BCUT2D eigenvalue weighted by Crippen LogP contribution is -2.22. The first-order valence-electron chi connectivity index (χ1n) is 6.78. The van der Waals surface area contributed by atoms with Gasteiger partial charge in [-0.2, -0.15) is 0 Å². The summed E-state index contributed by atoms with van der Waals surface area (Å²) in [5, 5.41) is 8.95. The molecule has 0 bridgehead atoms. The second-order valence-electron chi connectivity index (χ2n) is 5.44. The first-order chi connectivity index (χ1) is 9.47. The van der Waals surface area contributed by atoms with E-state index in [-0.39, 0.29) is 11.5 Å². The van der Waals surface area contributed by atoms with Crippen molar-refractivity contribution in [1.29, 1.82) is 0 Å². The lowest BCUT2D eigenvalue weighted by molar-refractivity contribution is -0.143. The molecule has 108 valence electrons. The van der Waals surface area contributed by atoms with Crippen LogP contribution in [0, 0.1) is 17.7 Å². The Morgan fingerprint density at radius 3 is 2.45 bits per heavy atom. The number of amides is 1. The molecule has 0 spiro atoms. The van der Waals surface area contributed by atoms with Crippen molar-refractivity contribution in [1.82, 2.24) is 0 Å². The molecule has 20 heavy (non-hydrogen) atoms. The summed E-state index contributed by atoms with van der Waals surface area (Å²) in [6.45, 7) is 0. The third-order valence-corrected chi connectivity index (χ3v) is 4.02. The molecule has 5 heteroatoms. The Kier molecular flexibility index (Phi) is 4.37. The van der Waals surface area contributed by atoms with Gasteiger partial charge in [0.25, 0.3) is 5.91 Å². The molecular weight excluding hydrogens is 261 g/mol. The molecule has 1 fully saturated rings. The standard InChI is InChI=1S/C15H18FNO3/c16-13-6-3-10(8-12(13)14(17)18)7-9-1-4-11(5-2-9)15(19)20/h3,6,8-9,11H,1-2,4-5,7H2,(H2,17,18)(H,19,20)/t9-,11-. The van der Waals surface area contributed by atoms with Crippen LogP contribution in [0.2, 0.25) is 0 Å². The first-order valence-corrected chi connectivity index (χ1v) is 6.78. The van der Waals surface area contributed by atoms with Gasteiger partial charge in [0, 0.05) is 0 Å². The maximum Gasteiger partial charge on any atom is 0.306 e. The molecule has 0 aliphatic heterocycles. The van der Waals surface area contributed by atoms with Crippen LogP contribution in [0.4, 0.5) is 4.39 Å². The highest BCUT2D eigenvalue weighted by atomic mass is 19.1. The maximum atomic E-state index is 13.4. The van der Waals surface area contributed by atoms with Crippen LogP contribution < -0.4 is 5.73 Å². The molecule has 0 saturated heterocycles. The molecule has 0 radical (unpaired) electrons. The number of primary amides is 1. The van der Waals surface area contributed by atoms with Crippen molar-refractivity contribution >= 4 is 11.9 Å². The first kappa shape index (κ1) is 14.5. The third-order valence-electron chi connectivity index (χ3n) is 4.02. The van der Waals surface area contributed by atoms with E-state index in [0.29, 0.717) is 18.8 Å². The SMILES string of the molecule is NC(=O)c1cc(C[C@H]2CC[C@H](C(=O)O)CC2)ccc1F. The summed E-state index contributed by atoms with van der Waals surface area (Å²) in [7, 11) is 0. The van der Waals surface area contributed by atoms with Crippen LogP contribution in [-0.4, -0.2) is 17.0 Å². The number of carboxylic acids is 1. The molecule has 1 saturated carbocycles. The van der Waals surface area contributed by atoms with Crippen molar-refractivity contribution < 1.29 is 19.1 Å². The summed E-state index contributed by atoms with van der Waals surface area (Å²) in [5.41, 5.74) is 5.92. The van der Waals surface area contributed by atoms with Crippen LogP contribution >= 0.6 is 0 Å². The van der Waals surface area contributed by atoms with E-state index < -0.39 is 17.7 Å². The number of benzene rings is 1. The minimum Gasteiger partial charge on any atom is -0.481 e. The summed E-state index contributed by atoms with van der Waals surface area (Å²) in [6, 6.07) is 4.42. The number of halogens is 1. The van der Waals surface area contributed by atoms with Crippen LogP contribution in [0.3, 0.4) is 0 Å². The van der Waals surface area contributed by atoms with Crippen molar-refractivity contribution in [2.24, 2.45) is 17.6 Å². The zero-order valence-electron chi connectivity index (χ0n) is 11.1. The number of hydrogen-bond donors (Lipinski definition) is 2. The van der Waals surface area contributed by atoms with Crippen molar-refractivity contribution in [3.63, 3.8) is 0 Å². The van der Waals surface area contributed by atoms with Crippen molar-refractivity contribution in [3.8, 4) is 0 Å². The number of carbonyl (C=O) groups excluding carboxylic acids is 1. The van der Waals surface area contributed by atoms with Gasteiger partial charge in [0.2, 0.25) is 0 Å². The molecule has 3 N–H and O–H groups in total. The fraction of sp³-hybridized carbons (Fsp3) is 0.467. The highest BCUT2D eigenvalue weighted by Gasteiger charge is 2.26. The molecule has 1 amide bonds. The van der Waals surface area contributed by atoms with E-state index in [2.05, 4.69) is 0 Å². The smallest absolute Gasteiger partial charge is 0.306 e. The molecule has 0 aromatic heterocycles. The topological polar surface area (TPSA) is 80.4 Å². The summed E-state index contributed by atoms with van der Waals surface area (Å²) in [4.78, 5) is 22.0. The molecule has 1 aromatic carbocycles. The Balaban J connectivity index is 1.99. The largest absolute Gasteiger partial charge is 0.481 e. The maximum absolute atomic E-state index is 13.4. The molecule has 0 atom stereocenters. The van der Waals surface area contributed by atoms with Crippen LogP contribution in [0.5, 0.6) is 0 Å². The van der Waals surface area contributed by atoms with Crippen molar-refractivity contribution in [3.05, 3.63) is 35.1 Å². The Morgan fingerprint density at radius 2 is 1.90 bits per heavy atom. The average Bonchev–Trinajstić information content (AvgIpc) is 2.41. The van der Waals surface area contributed by atoms with E-state index in [1.807, 2.05) is 0 Å². The number of rotatable bonds is 4. The van der Waals surface area contributed by atoms with E-state index in [1.54, 1.807) is 6.07 Å². The zero-order valence-corrected chi connectivity index (χ0v) is 11.1. The minimum atomic E-state index is -0.765. The lowest BCUT2D eigenvalue weighted by atomic mass is 9.79. The van der Waals surface area contributed by atoms with Crippen LogP contribution in [0.15, 0.2) is 18.2 Å². The molecule has 4 nitrogen and oxygen atoms in total. The van der Waals surface area contributed by atoms with Gasteiger partial charge in [-0.3, -0.25) is 9.59 Å². The lowest BCUT2D eigenvalue weighted by Gasteiger charge is -2.26. The number of carbonyl (C=O) groups is 2. The molecule has 1 aliphatic carbocycles. The van der Waals surface area contributed by atoms with Gasteiger partial charge < -0.3 is 10.8 Å². The summed E-state index contributed by atoms with van der Waals surface area (Å²) >= 11 is 0. The van der Waals surface area contributed by atoms with Crippen LogP contribution in [0.1, 0.15) is 41.6 Å². The summed E-state index contributed by atoms with van der Waals surface area (Å²) < 4.78 is 13.4. The van der Waals surface area contributed by atoms with Gasteiger partial charge in [-0.05, 0) is 55.7 Å². The van der Waals surface area contributed by atoms with Crippen LogP contribution in [0.25, 0.3) is 0 Å².